The van der Waals surface area contributed by atoms with Gasteiger partial charge in [-0.3, -0.25) is 13.9 Å². The summed E-state index contributed by atoms with van der Waals surface area (Å²) >= 11 is 0. The molecule has 4 rings (SSSR count). The number of nitrogens with one attached hydrogen (secondary N) is 1. The number of alkyl halides is 3. The van der Waals surface area contributed by atoms with E-state index in [1.807, 2.05) is 0 Å². The fourth-order valence-corrected chi connectivity index (χ4v) is 5.16. The van der Waals surface area contributed by atoms with Crippen LogP contribution in [0, 0.1) is 18.6 Å². The molecule has 0 aliphatic heterocycles. The number of hydrogen-bond donors (Lipinski definition) is 1. The number of hydrogen-bond acceptors (Lipinski definition) is 7. The highest BCUT2D eigenvalue weighted by Gasteiger charge is 2.35. The molecule has 1 atom stereocenters. The van der Waals surface area contributed by atoms with Gasteiger partial charge < -0.3 is 19.5 Å². The fraction of sp³-hybridized carbons (Fsp3) is 0.314. The fourth-order valence-electron chi connectivity index (χ4n) is 5.16. The Labute approximate surface area is 283 Å². The number of halogens is 5. The summed E-state index contributed by atoms with van der Waals surface area (Å²) in [5, 5.41) is 2.61. The van der Waals surface area contributed by atoms with Gasteiger partial charge in [-0.15, -0.1) is 0 Å². The first-order chi connectivity index (χ1) is 23.4. The zero-order chi connectivity index (χ0) is 37.0. The number of rotatable bonds is 10. The first kappa shape index (κ1) is 37.4. The Morgan fingerprint density at radius 2 is 1.56 bits per heavy atom. The van der Waals surface area contributed by atoms with Gasteiger partial charge in [-0.1, -0.05) is 48.5 Å². The number of alkyl carbamates (subject to hydrolysis) is 1. The van der Waals surface area contributed by atoms with E-state index < -0.39 is 100 Å². The van der Waals surface area contributed by atoms with Crippen LogP contribution in [0.15, 0.2) is 76.3 Å². The summed E-state index contributed by atoms with van der Waals surface area (Å²) in [6.45, 7) is 3.76. The summed E-state index contributed by atoms with van der Waals surface area (Å²) in [6.07, 6.45) is -5.92. The van der Waals surface area contributed by atoms with Crippen LogP contribution in [0.5, 0.6) is 5.75 Å². The molecular formula is C35H34F5N3O7. The monoisotopic (exact) mass is 703 g/mol. The zero-order valence-electron chi connectivity index (χ0n) is 27.7. The van der Waals surface area contributed by atoms with Gasteiger partial charge in [-0.25, -0.2) is 23.2 Å². The van der Waals surface area contributed by atoms with E-state index in [0.29, 0.717) is 16.2 Å². The Kier molecular flexibility index (Phi) is 11.2. The number of ether oxygens (including phenoxy) is 3. The molecule has 0 bridgehead atoms. The molecule has 266 valence electrons. The van der Waals surface area contributed by atoms with E-state index in [2.05, 4.69) is 10.1 Å². The van der Waals surface area contributed by atoms with E-state index in [-0.39, 0.29) is 5.69 Å². The van der Waals surface area contributed by atoms with Crippen LogP contribution in [0.4, 0.5) is 26.7 Å². The van der Waals surface area contributed by atoms with Gasteiger partial charge >= 0.3 is 23.9 Å². The summed E-state index contributed by atoms with van der Waals surface area (Å²) < 4.78 is 89.6. The van der Waals surface area contributed by atoms with E-state index in [1.165, 1.54) is 19.1 Å². The predicted octanol–water partition coefficient (Wildman–Crippen LogP) is 6.15. The third-order valence-corrected chi connectivity index (χ3v) is 7.49. The minimum Gasteiger partial charge on any atom is -0.479 e. The Bertz CT molecular complexity index is 2000. The quantitative estimate of drug-likeness (QED) is 0.156. The smallest absolute Gasteiger partial charge is 0.416 e. The van der Waals surface area contributed by atoms with Gasteiger partial charge in [0, 0.05) is 16.8 Å². The number of carbonyl (C=O) groups is 2. The van der Waals surface area contributed by atoms with Crippen LogP contribution in [0.3, 0.4) is 0 Å². The summed E-state index contributed by atoms with van der Waals surface area (Å²) in [6, 6.07) is 12.9. The Balaban J connectivity index is 1.99. The first-order valence-electron chi connectivity index (χ1n) is 15.1. The molecule has 4 aromatic rings. The lowest BCUT2D eigenvalue weighted by Gasteiger charge is -2.25. The van der Waals surface area contributed by atoms with Crippen molar-refractivity contribution in [1.29, 1.82) is 0 Å². The van der Waals surface area contributed by atoms with Gasteiger partial charge in [-0.2, -0.15) is 13.2 Å². The van der Waals surface area contributed by atoms with Crippen molar-refractivity contribution in [3.8, 4) is 16.9 Å². The summed E-state index contributed by atoms with van der Waals surface area (Å²) in [5.74, 6) is -3.72. The van der Waals surface area contributed by atoms with Crippen molar-refractivity contribution in [2.45, 2.75) is 58.6 Å². The average Bonchev–Trinajstić information content (AvgIpc) is 3.04. The Morgan fingerprint density at radius 1 is 0.900 bits per heavy atom. The van der Waals surface area contributed by atoms with Gasteiger partial charge in [0.25, 0.3) is 5.56 Å². The summed E-state index contributed by atoms with van der Waals surface area (Å²) in [4.78, 5) is 52.9. The largest absolute Gasteiger partial charge is 0.479 e. The Hall–Kier alpha value is -5.47. The van der Waals surface area contributed by atoms with E-state index in [0.717, 1.165) is 29.9 Å². The number of carbonyl (C=O) groups excluding carboxylic acids is 2. The average molecular weight is 704 g/mol. The Morgan fingerprint density at radius 3 is 2.18 bits per heavy atom. The number of nitrogens with zero attached hydrogens (tertiary/aromatic N) is 2. The van der Waals surface area contributed by atoms with Crippen molar-refractivity contribution < 1.29 is 45.8 Å². The van der Waals surface area contributed by atoms with Gasteiger partial charge in [0.2, 0.25) is 0 Å². The number of aromatic nitrogens is 2. The molecule has 1 heterocycles. The molecule has 0 saturated carbocycles. The zero-order valence-corrected chi connectivity index (χ0v) is 27.7. The molecule has 3 aromatic carbocycles. The second-order valence-corrected chi connectivity index (χ2v) is 12.1. The molecule has 10 nitrogen and oxygen atoms in total. The molecule has 1 N–H and O–H groups in total. The van der Waals surface area contributed by atoms with E-state index in [9.17, 15) is 32.3 Å². The molecule has 0 aliphatic rings. The van der Waals surface area contributed by atoms with Gasteiger partial charge in [0.05, 0.1) is 37.4 Å². The lowest BCUT2D eigenvalue weighted by Crippen LogP contribution is -2.46. The molecule has 0 fully saturated rings. The van der Waals surface area contributed by atoms with Gasteiger partial charge in [0.1, 0.15) is 11.4 Å². The van der Waals surface area contributed by atoms with E-state index in [1.54, 1.807) is 51.1 Å². The molecule has 50 heavy (non-hydrogen) atoms. The van der Waals surface area contributed by atoms with Crippen LogP contribution in [0.1, 0.15) is 49.2 Å². The lowest BCUT2D eigenvalue weighted by atomic mass is 10.0. The van der Waals surface area contributed by atoms with Gasteiger partial charge in [-0.05, 0) is 51.5 Å². The summed E-state index contributed by atoms with van der Waals surface area (Å²) in [5.41, 5.74) is -6.23. The molecule has 0 spiro atoms. The number of benzene rings is 3. The minimum atomic E-state index is -5.01. The highest BCUT2D eigenvalue weighted by atomic mass is 19.4. The third-order valence-electron chi connectivity index (χ3n) is 7.49. The third kappa shape index (κ3) is 8.57. The molecule has 1 aromatic heterocycles. The van der Waals surface area contributed by atoms with E-state index >= 15 is 8.78 Å². The maximum Gasteiger partial charge on any atom is 0.416 e. The highest BCUT2D eigenvalue weighted by Crippen LogP contribution is 2.34. The molecule has 1 amide bonds. The minimum absolute atomic E-state index is 0.298. The van der Waals surface area contributed by atoms with Crippen molar-refractivity contribution in [1.82, 2.24) is 14.5 Å². The van der Waals surface area contributed by atoms with Crippen molar-refractivity contribution in [3.63, 3.8) is 0 Å². The number of esters is 1. The number of methoxy groups -OCH3 is 1. The molecule has 0 saturated heterocycles. The van der Waals surface area contributed by atoms with Crippen LogP contribution < -0.4 is 21.3 Å². The number of amides is 1. The van der Waals surface area contributed by atoms with E-state index in [4.69, 9.17) is 9.47 Å². The van der Waals surface area contributed by atoms with Crippen LogP contribution in [0.25, 0.3) is 11.1 Å². The van der Waals surface area contributed by atoms with Crippen molar-refractivity contribution >= 4 is 12.1 Å². The molecule has 15 heteroatoms. The van der Waals surface area contributed by atoms with Crippen molar-refractivity contribution in [2.75, 3.05) is 13.7 Å². The van der Waals surface area contributed by atoms with Crippen LogP contribution in [-0.2, 0) is 33.5 Å². The van der Waals surface area contributed by atoms with Crippen molar-refractivity contribution in [2.24, 2.45) is 0 Å². The maximum absolute atomic E-state index is 16.0. The molecular weight excluding hydrogens is 669 g/mol. The lowest BCUT2D eigenvalue weighted by molar-refractivity contribution is -0.143. The second kappa shape index (κ2) is 15.0. The molecule has 0 radical (unpaired) electrons. The predicted molar refractivity (Wildman–Crippen MR) is 172 cm³/mol. The standard InChI is InChI=1S/C35H34F5N3O7/c1-20-29(22-13-9-16-27(30(22)37)49-19-28(44)48-5)31(45)43(18-26(21-11-7-6-8-12-21)41-32(46)50-34(2,3)4)33(47)42(20)17-23-24(35(38,39)40)14-10-15-25(23)36/h6-16,26H,17-19H2,1-5H3,(H,41,46)/t26-/m0/s1. The topological polar surface area (TPSA) is 118 Å². The molecule has 0 unspecified atom stereocenters. The SMILES string of the molecule is COC(=O)COc1cccc(-c2c(C)n(Cc3c(F)cccc3C(F)(F)F)c(=O)n(C[C@H](NC(=O)OC(C)(C)C)c3ccccc3)c2=O)c1F. The second-order valence-electron chi connectivity index (χ2n) is 12.1. The van der Waals surface area contributed by atoms with Crippen LogP contribution in [-0.4, -0.2) is 40.5 Å². The molecule has 0 aliphatic carbocycles. The normalized spacial score (nSPS) is 12.3. The van der Waals surface area contributed by atoms with Crippen molar-refractivity contribution in [3.05, 3.63) is 122 Å². The van der Waals surface area contributed by atoms with Gasteiger partial charge in [0.15, 0.2) is 18.2 Å². The van der Waals surface area contributed by atoms with Crippen LogP contribution >= 0.6 is 0 Å². The van der Waals surface area contributed by atoms with Crippen LogP contribution in [0.2, 0.25) is 0 Å². The first-order valence-corrected chi connectivity index (χ1v) is 15.1. The summed E-state index contributed by atoms with van der Waals surface area (Å²) in [7, 11) is 1.09. The highest BCUT2D eigenvalue weighted by molar-refractivity contribution is 5.72. The maximum atomic E-state index is 16.0.